The molecule has 0 spiro atoms. The Morgan fingerprint density at radius 3 is 2.64 bits per heavy atom. The number of carboxylic acid groups (broad SMARTS) is 1. The van der Waals surface area contributed by atoms with Gasteiger partial charge in [0.1, 0.15) is 6.54 Å². The molecule has 0 unspecified atom stereocenters. The van der Waals surface area contributed by atoms with Gasteiger partial charge in [0.05, 0.1) is 15.7 Å². The molecule has 0 atom stereocenters. The number of rotatable bonds is 3. The molecule has 0 aromatic heterocycles. The predicted octanol–water partition coefficient (Wildman–Crippen LogP) is 3.25. The van der Waals surface area contributed by atoms with Gasteiger partial charge in [-0.25, -0.2) is 0 Å². The summed E-state index contributed by atoms with van der Waals surface area (Å²) in [7, 11) is 0. The van der Waals surface area contributed by atoms with Gasteiger partial charge in [0, 0.05) is 4.47 Å². The minimum Gasteiger partial charge on any atom is -0.480 e. The van der Waals surface area contributed by atoms with Crippen molar-refractivity contribution >= 4 is 50.8 Å². The summed E-state index contributed by atoms with van der Waals surface area (Å²) in [5.74, 6) is -0.958. The van der Waals surface area contributed by atoms with Crippen LogP contribution in [0.1, 0.15) is 0 Å². The minimum absolute atomic E-state index is 0.197. The van der Waals surface area contributed by atoms with E-state index in [2.05, 4.69) is 21.2 Å². The van der Waals surface area contributed by atoms with Gasteiger partial charge in [-0.3, -0.25) is 4.79 Å². The van der Waals surface area contributed by atoms with Gasteiger partial charge < -0.3 is 10.4 Å². The lowest BCUT2D eigenvalue weighted by molar-refractivity contribution is -0.134. The van der Waals surface area contributed by atoms with Crippen LogP contribution in [-0.2, 0) is 4.79 Å². The van der Waals surface area contributed by atoms with E-state index < -0.39 is 5.97 Å². The molecule has 0 amide bonds. The van der Waals surface area contributed by atoms with E-state index in [4.69, 9.17) is 28.3 Å². The second kappa shape index (κ2) is 4.87. The Kier molecular flexibility index (Phi) is 4.04. The van der Waals surface area contributed by atoms with Gasteiger partial charge >= 0.3 is 5.97 Å². The Bertz CT molecular complexity index is 371. The van der Waals surface area contributed by atoms with Crippen molar-refractivity contribution in [3.8, 4) is 0 Å². The fourth-order valence-corrected chi connectivity index (χ4v) is 1.67. The molecule has 76 valence electrons. The molecule has 0 bridgehead atoms. The third-order valence-corrected chi connectivity index (χ3v) is 3.24. The van der Waals surface area contributed by atoms with Crippen molar-refractivity contribution in [3.63, 3.8) is 0 Å². The average molecular weight is 299 g/mol. The first-order valence-corrected chi connectivity index (χ1v) is 5.16. The summed E-state index contributed by atoms with van der Waals surface area (Å²) in [6, 6.07) is 3.35. The van der Waals surface area contributed by atoms with Crippen LogP contribution in [-0.4, -0.2) is 17.6 Å². The maximum atomic E-state index is 10.3. The van der Waals surface area contributed by atoms with Crippen LogP contribution in [0.25, 0.3) is 0 Å². The van der Waals surface area contributed by atoms with Gasteiger partial charge in [-0.05, 0) is 28.1 Å². The lowest BCUT2D eigenvalue weighted by atomic mass is 10.3. The topological polar surface area (TPSA) is 49.3 Å². The highest BCUT2D eigenvalue weighted by atomic mass is 79.9. The van der Waals surface area contributed by atoms with Crippen molar-refractivity contribution in [2.75, 3.05) is 11.9 Å². The van der Waals surface area contributed by atoms with Crippen LogP contribution < -0.4 is 5.32 Å². The Hall–Kier alpha value is -0.450. The Balaban J connectivity index is 2.88. The first kappa shape index (κ1) is 11.6. The monoisotopic (exact) mass is 297 g/mol. The number of anilines is 1. The van der Waals surface area contributed by atoms with E-state index in [-0.39, 0.29) is 6.54 Å². The third kappa shape index (κ3) is 2.77. The molecule has 0 aliphatic rings. The molecule has 3 nitrogen and oxygen atoms in total. The van der Waals surface area contributed by atoms with Crippen LogP contribution >= 0.6 is 39.1 Å². The van der Waals surface area contributed by atoms with Crippen LogP contribution in [0.3, 0.4) is 0 Å². The standard InChI is InChI=1S/C8H6BrCl2NO2/c9-4-1-2-5(8(11)7(4)10)12-3-6(13)14/h1-2,12H,3H2,(H,13,14). The van der Waals surface area contributed by atoms with E-state index in [9.17, 15) is 4.79 Å². The summed E-state index contributed by atoms with van der Waals surface area (Å²) < 4.78 is 0.671. The maximum absolute atomic E-state index is 10.3. The number of aliphatic carboxylic acids is 1. The largest absolute Gasteiger partial charge is 0.480 e. The SMILES string of the molecule is O=C(O)CNc1ccc(Br)c(Cl)c1Cl. The molecule has 0 aliphatic carbocycles. The Morgan fingerprint density at radius 1 is 1.43 bits per heavy atom. The molecule has 0 fully saturated rings. The lowest BCUT2D eigenvalue weighted by Gasteiger charge is -2.07. The molecule has 0 saturated carbocycles. The summed E-state index contributed by atoms with van der Waals surface area (Å²) in [5.41, 5.74) is 0.502. The predicted molar refractivity (Wildman–Crippen MR) is 60.3 cm³/mol. The third-order valence-electron chi connectivity index (χ3n) is 1.47. The van der Waals surface area contributed by atoms with Gasteiger partial charge in [-0.15, -0.1) is 0 Å². The molecular formula is C8H6BrCl2NO2. The zero-order valence-electron chi connectivity index (χ0n) is 6.85. The van der Waals surface area contributed by atoms with Gasteiger partial charge in [0.25, 0.3) is 0 Å². The number of hydrogen-bond donors (Lipinski definition) is 2. The molecule has 1 aromatic carbocycles. The van der Waals surface area contributed by atoms with Crippen LogP contribution in [0, 0.1) is 0 Å². The molecule has 14 heavy (non-hydrogen) atoms. The van der Waals surface area contributed by atoms with E-state index in [0.717, 1.165) is 0 Å². The number of benzene rings is 1. The van der Waals surface area contributed by atoms with E-state index in [1.807, 2.05) is 0 Å². The van der Waals surface area contributed by atoms with Crippen molar-refractivity contribution in [3.05, 3.63) is 26.7 Å². The number of hydrogen-bond acceptors (Lipinski definition) is 2. The number of nitrogens with one attached hydrogen (secondary N) is 1. The summed E-state index contributed by atoms with van der Waals surface area (Å²) in [4.78, 5) is 10.3. The molecule has 2 N–H and O–H groups in total. The molecule has 0 heterocycles. The zero-order valence-corrected chi connectivity index (χ0v) is 9.95. The van der Waals surface area contributed by atoms with Gasteiger partial charge in [-0.1, -0.05) is 23.2 Å². The zero-order chi connectivity index (χ0) is 10.7. The quantitative estimate of drug-likeness (QED) is 0.842. The highest BCUT2D eigenvalue weighted by molar-refractivity contribution is 9.10. The van der Waals surface area contributed by atoms with Crippen molar-refractivity contribution in [2.45, 2.75) is 0 Å². The summed E-state index contributed by atoms with van der Waals surface area (Å²) in [6.07, 6.45) is 0. The normalized spacial score (nSPS) is 9.93. The first-order valence-electron chi connectivity index (χ1n) is 3.61. The van der Waals surface area contributed by atoms with Gasteiger partial charge in [-0.2, -0.15) is 0 Å². The molecular weight excluding hydrogens is 293 g/mol. The molecule has 6 heteroatoms. The van der Waals surface area contributed by atoms with E-state index >= 15 is 0 Å². The number of carboxylic acids is 1. The maximum Gasteiger partial charge on any atom is 0.322 e. The number of halogens is 3. The Morgan fingerprint density at radius 2 is 2.07 bits per heavy atom. The number of carbonyl (C=O) groups is 1. The van der Waals surface area contributed by atoms with Crippen molar-refractivity contribution in [1.29, 1.82) is 0 Å². The van der Waals surface area contributed by atoms with E-state index in [1.165, 1.54) is 0 Å². The molecule has 0 saturated heterocycles. The smallest absolute Gasteiger partial charge is 0.322 e. The summed E-state index contributed by atoms with van der Waals surface area (Å²) in [5, 5.41) is 11.8. The fraction of sp³-hybridized carbons (Fsp3) is 0.125. The second-order valence-electron chi connectivity index (χ2n) is 2.47. The van der Waals surface area contributed by atoms with Gasteiger partial charge in [0.2, 0.25) is 0 Å². The lowest BCUT2D eigenvalue weighted by Crippen LogP contribution is -2.12. The van der Waals surface area contributed by atoms with Gasteiger partial charge in [0.15, 0.2) is 0 Å². The molecule has 1 rings (SSSR count). The van der Waals surface area contributed by atoms with Crippen LogP contribution in [0.15, 0.2) is 16.6 Å². The van der Waals surface area contributed by atoms with E-state index in [0.29, 0.717) is 20.2 Å². The molecule has 1 aromatic rings. The minimum atomic E-state index is -0.958. The highest BCUT2D eigenvalue weighted by Crippen LogP contribution is 2.35. The molecule has 0 radical (unpaired) electrons. The fourth-order valence-electron chi connectivity index (χ4n) is 0.833. The Labute approximate surface area is 99.1 Å². The average Bonchev–Trinajstić information content (AvgIpc) is 2.13. The second-order valence-corrected chi connectivity index (χ2v) is 4.08. The van der Waals surface area contributed by atoms with Crippen molar-refractivity contribution < 1.29 is 9.90 Å². The summed E-state index contributed by atoms with van der Waals surface area (Å²) >= 11 is 14.9. The van der Waals surface area contributed by atoms with Crippen LogP contribution in [0.2, 0.25) is 10.0 Å². The van der Waals surface area contributed by atoms with E-state index in [1.54, 1.807) is 12.1 Å². The van der Waals surface area contributed by atoms with Crippen molar-refractivity contribution in [1.82, 2.24) is 0 Å². The van der Waals surface area contributed by atoms with Crippen LogP contribution in [0.4, 0.5) is 5.69 Å². The molecule has 0 aliphatic heterocycles. The van der Waals surface area contributed by atoms with Crippen LogP contribution in [0.5, 0.6) is 0 Å². The van der Waals surface area contributed by atoms with Crippen molar-refractivity contribution in [2.24, 2.45) is 0 Å². The first-order chi connectivity index (χ1) is 6.52. The highest BCUT2D eigenvalue weighted by Gasteiger charge is 2.08. The summed E-state index contributed by atoms with van der Waals surface area (Å²) in [6.45, 7) is -0.197.